The van der Waals surface area contributed by atoms with Crippen molar-refractivity contribution in [2.24, 2.45) is 0 Å². The minimum absolute atomic E-state index is 0.201. The second kappa shape index (κ2) is 7.36. The lowest BCUT2D eigenvalue weighted by molar-refractivity contribution is -0.126. The third-order valence-corrected chi connectivity index (χ3v) is 3.19. The number of nitrogens with zero attached hydrogens (tertiary/aromatic N) is 1. The summed E-state index contributed by atoms with van der Waals surface area (Å²) in [6.45, 7) is 4.28. The van der Waals surface area contributed by atoms with E-state index < -0.39 is 0 Å². The van der Waals surface area contributed by atoms with Crippen LogP contribution in [0.25, 0.3) is 0 Å². The van der Waals surface area contributed by atoms with E-state index >= 15 is 0 Å². The Morgan fingerprint density at radius 3 is 2.64 bits per heavy atom. The Morgan fingerprint density at radius 2 is 1.95 bits per heavy atom. The maximum Gasteiger partial charge on any atom is 0.233 e. The number of aryl methyl sites for hydroxylation is 2. The minimum Gasteiger partial charge on any atom is -0.352 e. The molecule has 2 N–H and O–H groups in total. The van der Waals surface area contributed by atoms with Gasteiger partial charge in [-0.1, -0.05) is 23.8 Å². The summed E-state index contributed by atoms with van der Waals surface area (Å²) in [7, 11) is 0. The minimum atomic E-state index is -0.323. The van der Waals surface area contributed by atoms with Crippen molar-refractivity contribution >= 4 is 17.5 Å². The van der Waals surface area contributed by atoms with E-state index in [1.54, 1.807) is 18.5 Å². The second-order valence-corrected chi connectivity index (χ2v) is 5.18. The van der Waals surface area contributed by atoms with Crippen LogP contribution in [0, 0.1) is 13.8 Å². The Hall–Kier alpha value is -2.69. The molecule has 1 heterocycles. The number of carbonyl (C=O) groups is 2. The molecule has 1 aromatic heterocycles. The van der Waals surface area contributed by atoms with E-state index in [9.17, 15) is 9.59 Å². The van der Waals surface area contributed by atoms with E-state index in [1.807, 2.05) is 38.1 Å². The van der Waals surface area contributed by atoms with Crippen LogP contribution in [-0.4, -0.2) is 16.8 Å². The maximum absolute atomic E-state index is 11.9. The predicted molar refractivity (Wildman–Crippen MR) is 85.2 cm³/mol. The van der Waals surface area contributed by atoms with E-state index in [-0.39, 0.29) is 18.2 Å². The highest BCUT2D eigenvalue weighted by molar-refractivity contribution is 6.03. The normalized spacial score (nSPS) is 10.1. The van der Waals surface area contributed by atoms with E-state index in [4.69, 9.17) is 0 Å². The van der Waals surface area contributed by atoms with Gasteiger partial charge in [0.15, 0.2) is 0 Å². The first-order valence-corrected chi connectivity index (χ1v) is 7.07. The molecule has 2 aromatic rings. The number of nitrogens with one attached hydrogen (secondary N) is 2. The molecule has 5 nitrogen and oxygen atoms in total. The molecule has 0 bridgehead atoms. The summed E-state index contributed by atoms with van der Waals surface area (Å²) >= 11 is 0. The summed E-state index contributed by atoms with van der Waals surface area (Å²) in [5.74, 6) is -0.637. The van der Waals surface area contributed by atoms with Crippen molar-refractivity contribution in [3.8, 4) is 0 Å². The van der Waals surface area contributed by atoms with Gasteiger partial charge in [-0.05, 0) is 37.1 Å². The van der Waals surface area contributed by atoms with Gasteiger partial charge in [0.05, 0.1) is 0 Å². The van der Waals surface area contributed by atoms with Crippen LogP contribution in [-0.2, 0) is 16.1 Å². The Balaban J connectivity index is 1.82. The highest BCUT2D eigenvalue weighted by Gasteiger charge is 2.10. The molecule has 0 aliphatic rings. The monoisotopic (exact) mass is 297 g/mol. The number of pyridine rings is 1. The zero-order valence-electron chi connectivity index (χ0n) is 12.7. The fourth-order valence-electron chi connectivity index (χ4n) is 2.06. The quantitative estimate of drug-likeness (QED) is 0.832. The third-order valence-electron chi connectivity index (χ3n) is 3.19. The fourth-order valence-corrected chi connectivity index (χ4v) is 2.06. The van der Waals surface area contributed by atoms with Crippen LogP contribution in [0.2, 0.25) is 0 Å². The molecule has 0 atom stereocenters. The van der Waals surface area contributed by atoms with Crippen molar-refractivity contribution in [3.63, 3.8) is 0 Å². The summed E-state index contributed by atoms with van der Waals surface area (Å²) in [6, 6.07) is 9.41. The average Bonchev–Trinajstić information content (AvgIpc) is 2.49. The van der Waals surface area contributed by atoms with Crippen molar-refractivity contribution in [3.05, 3.63) is 59.4 Å². The largest absolute Gasteiger partial charge is 0.352 e. The van der Waals surface area contributed by atoms with Crippen molar-refractivity contribution < 1.29 is 9.59 Å². The predicted octanol–water partition coefficient (Wildman–Crippen LogP) is 2.34. The van der Waals surface area contributed by atoms with Crippen molar-refractivity contribution in [1.82, 2.24) is 10.3 Å². The van der Waals surface area contributed by atoms with Crippen molar-refractivity contribution in [2.45, 2.75) is 26.8 Å². The Kier molecular flexibility index (Phi) is 5.25. The molecule has 0 saturated heterocycles. The zero-order chi connectivity index (χ0) is 15.9. The number of hydrogen-bond donors (Lipinski definition) is 2. The molecule has 1 aromatic carbocycles. The summed E-state index contributed by atoms with van der Waals surface area (Å²) in [4.78, 5) is 27.6. The number of benzene rings is 1. The Labute approximate surface area is 129 Å². The molecule has 0 radical (unpaired) electrons. The van der Waals surface area contributed by atoms with Gasteiger partial charge in [0, 0.05) is 24.6 Å². The molecule has 0 unspecified atom stereocenters. The summed E-state index contributed by atoms with van der Waals surface area (Å²) in [5, 5.41) is 5.45. The highest BCUT2D eigenvalue weighted by atomic mass is 16.2. The number of aromatic nitrogens is 1. The van der Waals surface area contributed by atoms with Crippen LogP contribution in [0.4, 0.5) is 5.69 Å². The topological polar surface area (TPSA) is 71.1 Å². The van der Waals surface area contributed by atoms with Crippen LogP contribution < -0.4 is 10.6 Å². The molecule has 114 valence electrons. The molecule has 0 saturated carbocycles. The smallest absolute Gasteiger partial charge is 0.233 e. The van der Waals surface area contributed by atoms with Gasteiger partial charge in [-0.15, -0.1) is 0 Å². The lowest BCUT2D eigenvalue weighted by Gasteiger charge is -2.09. The summed E-state index contributed by atoms with van der Waals surface area (Å²) in [5.41, 5.74) is 3.73. The van der Waals surface area contributed by atoms with Gasteiger partial charge < -0.3 is 10.6 Å². The fraction of sp³-hybridized carbons (Fsp3) is 0.235. The number of amides is 2. The highest BCUT2D eigenvalue weighted by Crippen LogP contribution is 2.16. The van der Waals surface area contributed by atoms with E-state index in [0.29, 0.717) is 6.54 Å². The van der Waals surface area contributed by atoms with Crippen LogP contribution in [0.3, 0.4) is 0 Å². The molecule has 0 aliphatic carbocycles. The molecule has 0 fully saturated rings. The summed E-state index contributed by atoms with van der Waals surface area (Å²) < 4.78 is 0. The Morgan fingerprint density at radius 1 is 1.14 bits per heavy atom. The molecule has 5 heteroatoms. The first-order valence-electron chi connectivity index (χ1n) is 7.07. The molecule has 0 spiro atoms. The molecular formula is C17H19N3O2. The Bertz CT molecular complexity index is 669. The van der Waals surface area contributed by atoms with E-state index in [2.05, 4.69) is 15.6 Å². The number of anilines is 1. The van der Waals surface area contributed by atoms with Crippen LogP contribution in [0.15, 0.2) is 42.7 Å². The number of hydrogen-bond acceptors (Lipinski definition) is 3. The average molecular weight is 297 g/mol. The van der Waals surface area contributed by atoms with Gasteiger partial charge in [-0.25, -0.2) is 0 Å². The molecule has 2 amide bonds. The lowest BCUT2D eigenvalue weighted by Crippen LogP contribution is -2.27. The van der Waals surface area contributed by atoms with Crippen molar-refractivity contribution in [1.29, 1.82) is 0 Å². The molecular weight excluding hydrogens is 278 g/mol. The van der Waals surface area contributed by atoms with E-state index in [0.717, 1.165) is 22.4 Å². The second-order valence-electron chi connectivity index (χ2n) is 5.18. The number of carbonyl (C=O) groups excluding carboxylic acids is 2. The maximum atomic E-state index is 11.9. The first-order chi connectivity index (χ1) is 10.5. The van der Waals surface area contributed by atoms with Gasteiger partial charge in [0.1, 0.15) is 6.42 Å². The third kappa shape index (κ3) is 4.70. The van der Waals surface area contributed by atoms with Crippen molar-refractivity contribution in [2.75, 3.05) is 5.32 Å². The van der Waals surface area contributed by atoms with E-state index in [1.165, 1.54) is 0 Å². The molecule has 2 rings (SSSR count). The molecule has 22 heavy (non-hydrogen) atoms. The van der Waals surface area contributed by atoms with Gasteiger partial charge in [-0.2, -0.15) is 0 Å². The zero-order valence-corrected chi connectivity index (χ0v) is 12.7. The van der Waals surface area contributed by atoms with Crippen LogP contribution >= 0.6 is 0 Å². The number of rotatable bonds is 5. The van der Waals surface area contributed by atoms with Crippen LogP contribution in [0.1, 0.15) is 23.1 Å². The summed E-state index contributed by atoms with van der Waals surface area (Å²) in [6.07, 6.45) is 3.15. The van der Waals surface area contributed by atoms with Gasteiger partial charge in [0.25, 0.3) is 0 Å². The van der Waals surface area contributed by atoms with Crippen LogP contribution in [0.5, 0.6) is 0 Å². The van der Waals surface area contributed by atoms with Gasteiger partial charge >= 0.3 is 0 Å². The lowest BCUT2D eigenvalue weighted by atomic mass is 10.1. The standard InChI is InChI=1S/C17H19N3O2/c1-12-5-6-15(13(2)8-12)20-17(22)9-16(21)19-11-14-4-3-7-18-10-14/h3-8,10H,9,11H2,1-2H3,(H,19,21)(H,20,22). The SMILES string of the molecule is Cc1ccc(NC(=O)CC(=O)NCc2cccnc2)c(C)c1. The van der Waals surface area contributed by atoms with Gasteiger partial charge in [-0.3, -0.25) is 14.6 Å². The van der Waals surface area contributed by atoms with Gasteiger partial charge in [0.2, 0.25) is 11.8 Å². The molecule has 0 aliphatic heterocycles. The first kappa shape index (κ1) is 15.7.